The lowest BCUT2D eigenvalue weighted by molar-refractivity contribution is -0.114. The van der Waals surface area contributed by atoms with Crippen LogP contribution in [0.25, 0.3) is 16.6 Å². The summed E-state index contributed by atoms with van der Waals surface area (Å²) in [5, 5.41) is 21.6. The Morgan fingerprint density at radius 2 is 1.96 bits per heavy atom. The van der Waals surface area contributed by atoms with E-state index in [1.54, 1.807) is 29.2 Å². The summed E-state index contributed by atoms with van der Waals surface area (Å²) < 4.78 is 0. The first-order valence-corrected chi connectivity index (χ1v) is 8.14. The van der Waals surface area contributed by atoms with Crippen molar-refractivity contribution in [3.8, 4) is 0 Å². The van der Waals surface area contributed by atoms with Crippen molar-refractivity contribution < 1.29 is 9.90 Å². The van der Waals surface area contributed by atoms with E-state index >= 15 is 0 Å². The first-order valence-electron chi connectivity index (χ1n) is 8.14. The van der Waals surface area contributed by atoms with Crippen LogP contribution in [0.5, 0.6) is 0 Å². The monoisotopic (exact) mass is 347 g/mol. The van der Waals surface area contributed by atoms with Crippen molar-refractivity contribution in [2.24, 2.45) is 0 Å². The number of aliphatic hydroxyl groups is 1. The van der Waals surface area contributed by atoms with Crippen LogP contribution in [-0.2, 0) is 4.79 Å². The molecule has 1 aromatic heterocycles. The maximum atomic E-state index is 11.1. The number of imidazole rings is 1. The Kier molecular flexibility index (Phi) is 3.69. The van der Waals surface area contributed by atoms with Gasteiger partial charge in [-0.25, -0.2) is 4.98 Å². The molecule has 2 heterocycles. The summed E-state index contributed by atoms with van der Waals surface area (Å²) in [7, 11) is 0. The van der Waals surface area contributed by atoms with E-state index < -0.39 is 0 Å². The number of aliphatic hydroxyl groups excluding tert-OH is 1. The van der Waals surface area contributed by atoms with Crippen LogP contribution >= 0.6 is 0 Å². The van der Waals surface area contributed by atoms with Gasteiger partial charge in [0.1, 0.15) is 17.4 Å². The SMILES string of the molecule is CC(=O)Nc1ccc(N2CC(O)=C(c3nc4ccccc4[nH]3)C2=N)cc1. The third kappa shape index (κ3) is 2.69. The van der Waals surface area contributed by atoms with Crippen molar-refractivity contribution in [2.75, 3.05) is 16.8 Å². The Hall–Kier alpha value is -3.61. The first-order chi connectivity index (χ1) is 12.5. The van der Waals surface area contributed by atoms with Gasteiger partial charge >= 0.3 is 0 Å². The number of aromatic amines is 1. The largest absolute Gasteiger partial charge is 0.509 e. The second kappa shape index (κ2) is 6.03. The number of aromatic nitrogens is 2. The third-order valence-electron chi connectivity index (χ3n) is 4.23. The van der Waals surface area contributed by atoms with Crippen LogP contribution in [0, 0.1) is 5.41 Å². The van der Waals surface area contributed by atoms with Gasteiger partial charge in [0.15, 0.2) is 0 Å². The van der Waals surface area contributed by atoms with Crippen LogP contribution < -0.4 is 10.2 Å². The second-order valence-corrected chi connectivity index (χ2v) is 6.09. The number of nitrogens with one attached hydrogen (secondary N) is 3. The van der Waals surface area contributed by atoms with Gasteiger partial charge < -0.3 is 20.3 Å². The predicted octanol–water partition coefficient (Wildman–Crippen LogP) is 3.29. The normalized spacial score (nSPS) is 14.3. The molecule has 0 aliphatic carbocycles. The highest BCUT2D eigenvalue weighted by molar-refractivity contribution is 6.30. The summed E-state index contributed by atoms with van der Waals surface area (Å²) in [6, 6.07) is 14.7. The van der Waals surface area contributed by atoms with Crippen LogP contribution in [0.4, 0.5) is 11.4 Å². The molecule has 0 spiro atoms. The number of hydrogen-bond acceptors (Lipinski definition) is 4. The van der Waals surface area contributed by atoms with Gasteiger partial charge in [0.25, 0.3) is 0 Å². The molecule has 0 bridgehead atoms. The Morgan fingerprint density at radius 3 is 2.65 bits per heavy atom. The number of para-hydroxylation sites is 2. The molecule has 4 rings (SSSR count). The number of anilines is 2. The zero-order valence-corrected chi connectivity index (χ0v) is 14.1. The number of hydrogen-bond donors (Lipinski definition) is 4. The van der Waals surface area contributed by atoms with Gasteiger partial charge in [-0.2, -0.15) is 0 Å². The molecule has 1 aliphatic heterocycles. The molecule has 26 heavy (non-hydrogen) atoms. The van der Waals surface area contributed by atoms with Crippen molar-refractivity contribution in [1.82, 2.24) is 9.97 Å². The fourth-order valence-electron chi connectivity index (χ4n) is 3.05. The molecule has 130 valence electrons. The van der Waals surface area contributed by atoms with Gasteiger partial charge in [0, 0.05) is 18.3 Å². The summed E-state index contributed by atoms with van der Waals surface area (Å²) in [4.78, 5) is 20.4. The topological polar surface area (TPSA) is 105 Å². The quantitative estimate of drug-likeness (QED) is 0.583. The third-order valence-corrected chi connectivity index (χ3v) is 4.23. The number of amides is 1. The van der Waals surface area contributed by atoms with E-state index in [1.807, 2.05) is 24.3 Å². The maximum Gasteiger partial charge on any atom is 0.221 e. The van der Waals surface area contributed by atoms with Gasteiger partial charge in [0.05, 0.1) is 23.2 Å². The number of H-pyrrole nitrogens is 1. The fraction of sp³-hybridized carbons (Fsp3) is 0.105. The average molecular weight is 347 g/mol. The van der Waals surface area contributed by atoms with E-state index in [0.717, 1.165) is 16.7 Å². The van der Waals surface area contributed by atoms with E-state index in [0.29, 0.717) is 17.1 Å². The number of nitrogens with zero attached hydrogens (tertiary/aromatic N) is 2. The molecule has 0 saturated carbocycles. The highest BCUT2D eigenvalue weighted by Gasteiger charge is 2.31. The lowest BCUT2D eigenvalue weighted by atomic mass is 10.2. The molecule has 0 atom stereocenters. The minimum Gasteiger partial charge on any atom is -0.509 e. The molecule has 0 radical (unpaired) electrons. The molecular weight excluding hydrogens is 330 g/mol. The van der Waals surface area contributed by atoms with E-state index in [9.17, 15) is 9.90 Å². The summed E-state index contributed by atoms with van der Waals surface area (Å²) in [5.41, 5.74) is 3.47. The van der Waals surface area contributed by atoms with E-state index in [2.05, 4.69) is 15.3 Å². The van der Waals surface area contributed by atoms with Crippen LogP contribution in [0.3, 0.4) is 0 Å². The van der Waals surface area contributed by atoms with Crippen LogP contribution in [0.2, 0.25) is 0 Å². The molecule has 1 aliphatic rings. The average Bonchev–Trinajstić information content (AvgIpc) is 3.15. The predicted molar refractivity (Wildman–Crippen MR) is 101 cm³/mol. The molecule has 7 heteroatoms. The summed E-state index contributed by atoms with van der Waals surface area (Å²) >= 11 is 0. The number of rotatable bonds is 3. The molecule has 0 saturated heterocycles. The van der Waals surface area contributed by atoms with Gasteiger partial charge in [-0.1, -0.05) is 12.1 Å². The Morgan fingerprint density at radius 1 is 1.23 bits per heavy atom. The van der Waals surface area contributed by atoms with Crippen molar-refractivity contribution in [1.29, 1.82) is 5.41 Å². The maximum absolute atomic E-state index is 11.1. The highest BCUT2D eigenvalue weighted by Crippen LogP contribution is 2.31. The molecule has 3 aromatic rings. The number of benzene rings is 2. The van der Waals surface area contributed by atoms with Crippen molar-refractivity contribution in [3.63, 3.8) is 0 Å². The standard InChI is InChI=1S/C19H17N5O2/c1-11(25)21-12-6-8-13(9-7-12)24-10-16(26)17(18(24)20)19-22-14-4-2-3-5-15(14)23-19/h2-9,20,26H,10H2,1H3,(H,21,25)(H,22,23). The molecule has 4 N–H and O–H groups in total. The zero-order chi connectivity index (χ0) is 18.3. The van der Waals surface area contributed by atoms with Crippen LogP contribution in [0.15, 0.2) is 54.3 Å². The summed E-state index contributed by atoms with van der Waals surface area (Å²) in [6.07, 6.45) is 0. The molecule has 7 nitrogen and oxygen atoms in total. The van der Waals surface area contributed by atoms with Crippen LogP contribution in [0.1, 0.15) is 12.7 Å². The first kappa shape index (κ1) is 15.9. The lowest BCUT2D eigenvalue weighted by Gasteiger charge is -2.19. The Balaban J connectivity index is 1.62. The molecule has 1 amide bonds. The van der Waals surface area contributed by atoms with Gasteiger partial charge in [-0.15, -0.1) is 0 Å². The smallest absolute Gasteiger partial charge is 0.221 e. The molecular formula is C19H17N5O2. The Labute approximate surface area is 149 Å². The van der Waals surface area contributed by atoms with Crippen LogP contribution in [-0.4, -0.2) is 33.4 Å². The van der Waals surface area contributed by atoms with E-state index in [1.165, 1.54) is 6.92 Å². The highest BCUT2D eigenvalue weighted by atomic mass is 16.3. The van der Waals surface area contributed by atoms with Gasteiger partial charge in [0.2, 0.25) is 5.91 Å². The van der Waals surface area contributed by atoms with E-state index in [-0.39, 0.29) is 24.0 Å². The van der Waals surface area contributed by atoms with Gasteiger partial charge in [-0.3, -0.25) is 10.2 Å². The number of carbonyl (C=O) groups is 1. The zero-order valence-electron chi connectivity index (χ0n) is 14.1. The van der Waals surface area contributed by atoms with E-state index in [4.69, 9.17) is 5.41 Å². The second-order valence-electron chi connectivity index (χ2n) is 6.09. The van der Waals surface area contributed by atoms with Crippen molar-refractivity contribution >= 4 is 39.7 Å². The molecule has 0 fully saturated rings. The number of fused-ring (bicyclic) bond motifs is 1. The fourth-order valence-corrected chi connectivity index (χ4v) is 3.05. The Bertz CT molecular complexity index is 1020. The van der Waals surface area contributed by atoms with Crippen molar-refractivity contribution in [2.45, 2.75) is 6.92 Å². The van der Waals surface area contributed by atoms with Crippen molar-refractivity contribution in [3.05, 3.63) is 60.1 Å². The minimum absolute atomic E-state index is 0.0972. The summed E-state index contributed by atoms with van der Waals surface area (Å²) in [6.45, 7) is 1.65. The number of carbonyl (C=O) groups excluding carboxylic acids is 1. The number of amidine groups is 1. The summed E-state index contributed by atoms with van der Waals surface area (Å²) in [5.74, 6) is 0.609. The molecule has 0 unspecified atom stereocenters. The minimum atomic E-state index is -0.141. The van der Waals surface area contributed by atoms with Gasteiger partial charge in [-0.05, 0) is 36.4 Å². The lowest BCUT2D eigenvalue weighted by Crippen LogP contribution is -2.26. The molecule has 2 aromatic carbocycles.